The maximum absolute atomic E-state index is 13.6. The molecule has 2 unspecified atom stereocenters. The minimum atomic E-state index is -0.473. The standard InChI is InChI=1S/C28H34O4/c1-26-11-8-22-24-20(25(31)32-19-5-3-4-6-19)16-17-15-18(29)7-13-27(17,2)21(24)9-14-28(22,26)23(30)10-12-26/h8,16,19-20H,3-7,9-15H2,1-2H3/t20-,26+,27?,28?/m1/s1. The third kappa shape index (κ3) is 2.53. The lowest BCUT2D eigenvalue weighted by atomic mass is 9.51. The van der Waals surface area contributed by atoms with Crippen molar-refractivity contribution in [3.05, 3.63) is 34.4 Å². The Kier molecular flexibility index (Phi) is 4.37. The highest BCUT2D eigenvalue weighted by Gasteiger charge is 2.65. The zero-order chi connectivity index (χ0) is 22.3. The van der Waals surface area contributed by atoms with Gasteiger partial charge in [0.1, 0.15) is 23.6 Å². The summed E-state index contributed by atoms with van der Waals surface area (Å²) < 4.78 is 6.03. The average molecular weight is 435 g/mol. The monoisotopic (exact) mass is 434 g/mol. The van der Waals surface area contributed by atoms with Crippen molar-refractivity contribution in [1.29, 1.82) is 0 Å². The van der Waals surface area contributed by atoms with Crippen LogP contribution in [0.15, 0.2) is 34.4 Å². The molecule has 0 amide bonds. The number of rotatable bonds is 2. The van der Waals surface area contributed by atoms with E-state index in [0.717, 1.165) is 74.5 Å². The van der Waals surface area contributed by atoms with Crippen LogP contribution in [0.3, 0.4) is 0 Å². The van der Waals surface area contributed by atoms with Crippen molar-refractivity contribution < 1.29 is 19.1 Å². The number of hydrogen-bond donors (Lipinski definition) is 0. The lowest BCUT2D eigenvalue weighted by Gasteiger charge is -2.51. The highest BCUT2D eigenvalue weighted by molar-refractivity contribution is 5.96. The molecule has 1 spiro atoms. The first-order chi connectivity index (χ1) is 15.3. The fraction of sp³-hybridized carbons (Fsp3) is 0.679. The first kappa shape index (κ1) is 20.6. The molecule has 3 saturated carbocycles. The lowest BCUT2D eigenvalue weighted by molar-refractivity contribution is -0.151. The van der Waals surface area contributed by atoms with Crippen LogP contribution in [-0.4, -0.2) is 23.6 Å². The summed E-state index contributed by atoms with van der Waals surface area (Å²) in [6.45, 7) is 4.55. The summed E-state index contributed by atoms with van der Waals surface area (Å²) in [5, 5.41) is 0. The largest absolute Gasteiger partial charge is 0.462 e. The van der Waals surface area contributed by atoms with Crippen LogP contribution in [-0.2, 0) is 19.1 Å². The first-order valence-electron chi connectivity index (χ1n) is 12.7. The predicted octanol–water partition coefficient (Wildman–Crippen LogP) is 5.56. The van der Waals surface area contributed by atoms with Gasteiger partial charge in [0.05, 0.1) is 5.41 Å². The second-order valence-corrected chi connectivity index (χ2v) is 11.7. The van der Waals surface area contributed by atoms with Gasteiger partial charge in [-0.2, -0.15) is 0 Å². The van der Waals surface area contributed by atoms with E-state index in [2.05, 4.69) is 26.0 Å². The van der Waals surface area contributed by atoms with Gasteiger partial charge in [0, 0.05) is 24.7 Å². The highest BCUT2D eigenvalue weighted by atomic mass is 16.5. The second kappa shape index (κ2) is 6.77. The van der Waals surface area contributed by atoms with Gasteiger partial charge in [0.2, 0.25) is 0 Å². The number of carbonyl (C=O) groups is 3. The van der Waals surface area contributed by atoms with Crippen LogP contribution in [0.25, 0.3) is 0 Å². The van der Waals surface area contributed by atoms with E-state index in [1.54, 1.807) is 0 Å². The number of hydrogen-bond acceptors (Lipinski definition) is 4. The van der Waals surface area contributed by atoms with E-state index in [9.17, 15) is 14.4 Å². The van der Waals surface area contributed by atoms with Gasteiger partial charge in [-0.05, 0) is 74.3 Å². The quantitative estimate of drug-likeness (QED) is 0.421. The molecule has 4 heteroatoms. The summed E-state index contributed by atoms with van der Waals surface area (Å²) in [6.07, 6.45) is 14.6. The number of ether oxygens (including phenoxy) is 1. The van der Waals surface area contributed by atoms with Crippen LogP contribution in [0.5, 0.6) is 0 Å². The van der Waals surface area contributed by atoms with E-state index < -0.39 is 11.3 Å². The van der Waals surface area contributed by atoms with E-state index in [4.69, 9.17) is 4.74 Å². The molecule has 6 aliphatic rings. The maximum Gasteiger partial charge on any atom is 0.317 e. The molecule has 0 aromatic carbocycles. The number of carbonyl (C=O) groups excluding carboxylic acids is 3. The molecule has 6 rings (SSSR count). The number of esters is 1. The molecule has 0 N–H and O–H groups in total. The van der Waals surface area contributed by atoms with Gasteiger partial charge in [-0.15, -0.1) is 0 Å². The minimum Gasteiger partial charge on any atom is -0.462 e. The Hall–Kier alpha value is -1.97. The lowest BCUT2D eigenvalue weighted by Crippen LogP contribution is -2.46. The topological polar surface area (TPSA) is 60.4 Å². The van der Waals surface area contributed by atoms with Crippen molar-refractivity contribution in [2.24, 2.45) is 22.2 Å². The normalized spacial score (nSPS) is 41.0. The molecule has 0 saturated heterocycles. The predicted molar refractivity (Wildman–Crippen MR) is 121 cm³/mol. The first-order valence-corrected chi connectivity index (χ1v) is 12.7. The van der Waals surface area contributed by atoms with Crippen LogP contribution in [0.4, 0.5) is 0 Å². The van der Waals surface area contributed by atoms with Gasteiger partial charge in [-0.1, -0.05) is 37.1 Å². The summed E-state index contributed by atoms with van der Waals surface area (Å²) in [7, 11) is 0. The smallest absolute Gasteiger partial charge is 0.317 e. The molecular formula is C28H34O4. The van der Waals surface area contributed by atoms with Gasteiger partial charge in [0.25, 0.3) is 0 Å². The van der Waals surface area contributed by atoms with Crippen LogP contribution in [0.1, 0.15) is 90.9 Å². The van der Waals surface area contributed by atoms with E-state index in [1.165, 1.54) is 5.57 Å². The summed E-state index contributed by atoms with van der Waals surface area (Å²) >= 11 is 0. The van der Waals surface area contributed by atoms with Crippen LogP contribution in [0, 0.1) is 22.2 Å². The molecule has 6 aliphatic carbocycles. The van der Waals surface area contributed by atoms with Gasteiger partial charge in [-0.3, -0.25) is 14.4 Å². The van der Waals surface area contributed by atoms with Crippen molar-refractivity contribution in [3.63, 3.8) is 0 Å². The Labute approximate surface area is 190 Å². The van der Waals surface area contributed by atoms with E-state index >= 15 is 0 Å². The summed E-state index contributed by atoms with van der Waals surface area (Å²) in [5.74, 6) is -0.00345. The van der Waals surface area contributed by atoms with Crippen molar-refractivity contribution >= 4 is 17.5 Å². The average Bonchev–Trinajstić information content (AvgIpc) is 3.44. The van der Waals surface area contributed by atoms with E-state index in [-0.39, 0.29) is 28.7 Å². The number of allylic oxidation sites excluding steroid dienone is 4. The Morgan fingerprint density at radius 1 is 1.03 bits per heavy atom. The molecular weight excluding hydrogens is 400 g/mol. The zero-order valence-electron chi connectivity index (χ0n) is 19.4. The fourth-order valence-electron chi connectivity index (χ4n) is 8.21. The Balaban J connectivity index is 1.48. The van der Waals surface area contributed by atoms with Crippen LogP contribution in [0.2, 0.25) is 0 Å². The Bertz CT molecular complexity index is 1020. The number of ketones is 2. The SMILES string of the molecule is CC12CCC(=O)CC1=C[C@@H](C(=O)OC1CCCC1)C1=C2CCC23C(=O)CC[C@]2(C)CC=C13. The van der Waals surface area contributed by atoms with E-state index in [0.29, 0.717) is 25.0 Å². The van der Waals surface area contributed by atoms with Crippen molar-refractivity contribution in [1.82, 2.24) is 0 Å². The second-order valence-electron chi connectivity index (χ2n) is 11.7. The van der Waals surface area contributed by atoms with Crippen LogP contribution >= 0.6 is 0 Å². The van der Waals surface area contributed by atoms with Gasteiger partial charge in [0.15, 0.2) is 0 Å². The van der Waals surface area contributed by atoms with Gasteiger partial charge < -0.3 is 4.74 Å². The number of fused-ring (bicyclic) bond motifs is 3. The maximum atomic E-state index is 13.6. The molecule has 170 valence electrons. The Morgan fingerprint density at radius 2 is 1.81 bits per heavy atom. The van der Waals surface area contributed by atoms with Crippen molar-refractivity contribution in [2.45, 2.75) is 97.0 Å². The molecule has 0 radical (unpaired) electrons. The zero-order valence-corrected chi connectivity index (χ0v) is 19.4. The van der Waals surface area contributed by atoms with Gasteiger partial charge in [-0.25, -0.2) is 0 Å². The van der Waals surface area contributed by atoms with Crippen molar-refractivity contribution in [3.8, 4) is 0 Å². The molecule has 0 heterocycles. The summed E-state index contributed by atoms with van der Waals surface area (Å²) in [4.78, 5) is 39.4. The molecule has 0 bridgehead atoms. The highest BCUT2D eigenvalue weighted by Crippen LogP contribution is 2.70. The fourth-order valence-corrected chi connectivity index (χ4v) is 8.21. The van der Waals surface area contributed by atoms with Crippen molar-refractivity contribution in [2.75, 3.05) is 0 Å². The summed E-state index contributed by atoms with van der Waals surface area (Å²) in [6, 6.07) is 0. The molecule has 0 aromatic rings. The summed E-state index contributed by atoms with van der Waals surface area (Å²) in [5.41, 5.74) is 4.04. The molecule has 0 aliphatic heterocycles. The minimum absolute atomic E-state index is 0.0136. The van der Waals surface area contributed by atoms with Crippen LogP contribution < -0.4 is 0 Å². The molecule has 4 nitrogen and oxygen atoms in total. The third-order valence-corrected chi connectivity index (χ3v) is 10.2. The molecule has 0 aromatic heterocycles. The Morgan fingerprint density at radius 3 is 2.59 bits per heavy atom. The molecule has 32 heavy (non-hydrogen) atoms. The van der Waals surface area contributed by atoms with E-state index in [1.807, 2.05) is 0 Å². The van der Waals surface area contributed by atoms with Gasteiger partial charge >= 0.3 is 5.97 Å². The third-order valence-electron chi connectivity index (χ3n) is 10.2. The molecule has 3 fully saturated rings. The number of Topliss-reactive ketones (excluding diaryl/α,β-unsaturated/α-hetero) is 2. The molecule has 4 atom stereocenters.